The molecule has 2 aromatic rings. The van der Waals surface area contributed by atoms with Crippen molar-refractivity contribution in [3.8, 4) is 11.3 Å². The Kier molecular flexibility index (Phi) is 4.45. The molecule has 0 bridgehead atoms. The zero-order valence-electron chi connectivity index (χ0n) is 12.3. The summed E-state index contributed by atoms with van der Waals surface area (Å²) in [5, 5.41) is 10.9. The first-order valence-electron chi connectivity index (χ1n) is 7.39. The molecular formula is C16H18ClN3O2. The van der Waals surface area contributed by atoms with E-state index in [0.717, 1.165) is 24.9 Å². The van der Waals surface area contributed by atoms with Crippen LogP contribution in [0.5, 0.6) is 0 Å². The topological polar surface area (TPSA) is 67.2 Å². The van der Waals surface area contributed by atoms with Crippen molar-refractivity contribution in [1.82, 2.24) is 15.8 Å². The average Bonchev–Trinajstić information content (AvgIpc) is 2.97. The molecule has 3 rings (SSSR count). The lowest BCUT2D eigenvalue weighted by Crippen LogP contribution is -2.46. The predicted octanol–water partition coefficient (Wildman–Crippen LogP) is 2.87. The molecule has 1 aromatic heterocycles. The van der Waals surface area contributed by atoms with Gasteiger partial charge in [-0.3, -0.25) is 4.79 Å². The Hall–Kier alpha value is -1.85. The van der Waals surface area contributed by atoms with Crippen molar-refractivity contribution in [1.29, 1.82) is 0 Å². The van der Waals surface area contributed by atoms with Gasteiger partial charge in [-0.2, -0.15) is 0 Å². The van der Waals surface area contributed by atoms with Crippen LogP contribution in [-0.2, 0) is 0 Å². The summed E-state index contributed by atoms with van der Waals surface area (Å²) in [5.41, 5.74) is 1.43. The third kappa shape index (κ3) is 3.48. The maximum atomic E-state index is 12.2. The highest BCUT2D eigenvalue weighted by molar-refractivity contribution is 6.30. The maximum absolute atomic E-state index is 12.2. The summed E-state index contributed by atoms with van der Waals surface area (Å²) in [6.07, 6.45) is 1.84. The fourth-order valence-corrected chi connectivity index (χ4v) is 2.88. The molecule has 1 aliphatic heterocycles. The van der Waals surface area contributed by atoms with E-state index in [2.05, 4.69) is 22.7 Å². The number of halogens is 1. The second-order valence-electron chi connectivity index (χ2n) is 5.64. The summed E-state index contributed by atoms with van der Waals surface area (Å²) in [5.74, 6) is 0.000962. The van der Waals surface area contributed by atoms with Crippen LogP contribution in [-0.4, -0.2) is 29.7 Å². The van der Waals surface area contributed by atoms with Crippen LogP contribution in [0.3, 0.4) is 0 Å². The fraction of sp³-hybridized carbons (Fsp3) is 0.375. The Bertz CT molecular complexity index is 671. The molecule has 116 valence electrons. The molecule has 22 heavy (non-hydrogen) atoms. The van der Waals surface area contributed by atoms with Gasteiger partial charge in [-0.15, -0.1) is 0 Å². The van der Waals surface area contributed by atoms with Crippen molar-refractivity contribution >= 4 is 17.5 Å². The quantitative estimate of drug-likeness (QED) is 0.913. The van der Waals surface area contributed by atoms with Gasteiger partial charge in [-0.1, -0.05) is 28.9 Å². The lowest BCUT2D eigenvalue weighted by Gasteiger charge is -2.28. The highest BCUT2D eigenvalue weighted by atomic mass is 35.5. The molecule has 2 atom stereocenters. The number of nitrogens with zero attached hydrogens (tertiary/aromatic N) is 1. The molecule has 1 aliphatic rings. The number of carbonyl (C=O) groups is 1. The molecule has 1 amide bonds. The Labute approximate surface area is 134 Å². The van der Waals surface area contributed by atoms with E-state index in [-0.39, 0.29) is 17.7 Å². The number of hydrogen-bond donors (Lipinski definition) is 2. The van der Waals surface area contributed by atoms with Gasteiger partial charge in [0, 0.05) is 28.7 Å². The summed E-state index contributed by atoms with van der Waals surface area (Å²) in [6.45, 7) is 3.03. The molecule has 2 heterocycles. The number of amides is 1. The van der Waals surface area contributed by atoms with E-state index in [1.165, 1.54) is 0 Å². The minimum atomic E-state index is -0.222. The molecule has 1 aromatic carbocycles. The van der Waals surface area contributed by atoms with Crippen molar-refractivity contribution < 1.29 is 9.32 Å². The fourth-order valence-electron chi connectivity index (χ4n) is 2.69. The van der Waals surface area contributed by atoms with Crippen LogP contribution < -0.4 is 10.6 Å². The van der Waals surface area contributed by atoms with Gasteiger partial charge in [0.05, 0.1) is 0 Å². The summed E-state index contributed by atoms with van der Waals surface area (Å²) in [6, 6.07) is 9.51. The highest BCUT2D eigenvalue weighted by Gasteiger charge is 2.22. The highest BCUT2D eigenvalue weighted by Crippen LogP contribution is 2.22. The van der Waals surface area contributed by atoms with Crippen LogP contribution in [0.2, 0.25) is 5.02 Å². The van der Waals surface area contributed by atoms with Gasteiger partial charge < -0.3 is 15.2 Å². The predicted molar refractivity (Wildman–Crippen MR) is 84.9 cm³/mol. The summed E-state index contributed by atoms with van der Waals surface area (Å²) >= 11 is 5.96. The smallest absolute Gasteiger partial charge is 0.290 e. The monoisotopic (exact) mass is 319 g/mol. The molecule has 5 nitrogen and oxygen atoms in total. The number of hydrogen-bond acceptors (Lipinski definition) is 4. The Morgan fingerprint density at radius 3 is 3.09 bits per heavy atom. The van der Waals surface area contributed by atoms with E-state index in [0.29, 0.717) is 16.8 Å². The third-order valence-corrected chi connectivity index (χ3v) is 4.05. The molecule has 0 spiro atoms. The van der Waals surface area contributed by atoms with Crippen LogP contribution in [0.15, 0.2) is 34.9 Å². The van der Waals surface area contributed by atoms with E-state index in [4.69, 9.17) is 16.1 Å². The molecule has 0 radical (unpaired) electrons. The van der Waals surface area contributed by atoms with Gasteiger partial charge in [0.15, 0.2) is 0 Å². The minimum absolute atomic E-state index is 0.170. The number of carbonyl (C=O) groups excluding carboxylic acids is 1. The lowest BCUT2D eigenvalue weighted by atomic mass is 10.0. The number of piperidine rings is 1. The van der Waals surface area contributed by atoms with E-state index >= 15 is 0 Å². The van der Waals surface area contributed by atoms with Crippen molar-refractivity contribution in [3.63, 3.8) is 0 Å². The Morgan fingerprint density at radius 1 is 1.45 bits per heavy atom. The van der Waals surface area contributed by atoms with Crippen LogP contribution in [0, 0.1) is 0 Å². The van der Waals surface area contributed by atoms with Crippen molar-refractivity contribution in [2.75, 3.05) is 6.54 Å². The van der Waals surface area contributed by atoms with Crippen LogP contribution in [0.25, 0.3) is 11.3 Å². The van der Waals surface area contributed by atoms with E-state index in [9.17, 15) is 4.79 Å². The average molecular weight is 320 g/mol. The molecule has 2 unspecified atom stereocenters. The van der Waals surface area contributed by atoms with Crippen LogP contribution in [0.1, 0.15) is 30.3 Å². The third-order valence-electron chi connectivity index (χ3n) is 3.81. The van der Waals surface area contributed by atoms with E-state index < -0.39 is 0 Å². The van der Waals surface area contributed by atoms with E-state index in [1.807, 2.05) is 12.1 Å². The second kappa shape index (κ2) is 6.50. The maximum Gasteiger partial charge on any atom is 0.290 e. The van der Waals surface area contributed by atoms with Crippen molar-refractivity contribution in [3.05, 3.63) is 41.1 Å². The second-order valence-corrected chi connectivity index (χ2v) is 6.07. The summed E-state index contributed by atoms with van der Waals surface area (Å²) in [7, 11) is 0. The Morgan fingerprint density at radius 2 is 2.32 bits per heavy atom. The summed E-state index contributed by atoms with van der Waals surface area (Å²) < 4.78 is 5.17. The normalized spacial score (nSPS) is 21.5. The minimum Gasteiger partial charge on any atom is -0.350 e. The molecule has 1 saturated heterocycles. The summed E-state index contributed by atoms with van der Waals surface area (Å²) in [4.78, 5) is 12.2. The van der Waals surface area contributed by atoms with Gasteiger partial charge in [-0.05, 0) is 38.4 Å². The van der Waals surface area contributed by atoms with Gasteiger partial charge in [0.25, 0.3) is 5.91 Å². The van der Waals surface area contributed by atoms with E-state index in [1.54, 1.807) is 18.2 Å². The molecular weight excluding hydrogens is 302 g/mol. The molecule has 1 fully saturated rings. The van der Waals surface area contributed by atoms with Crippen molar-refractivity contribution in [2.45, 2.75) is 31.8 Å². The Balaban J connectivity index is 1.69. The largest absolute Gasteiger partial charge is 0.350 e. The zero-order chi connectivity index (χ0) is 15.5. The van der Waals surface area contributed by atoms with Gasteiger partial charge in [0.1, 0.15) is 5.69 Å². The first-order chi connectivity index (χ1) is 10.6. The molecule has 0 saturated carbocycles. The first kappa shape index (κ1) is 15.1. The number of nitrogens with one attached hydrogen (secondary N) is 2. The first-order valence-corrected chi connectivity index (χ1v) is 7.76. The molecule has 0 aliphatic carbocycles. The standard InChI is InChI=1S/C16H18ClN3O2/c1-10-7-13(5-6-18-10)19-16(21)15-9-14(20-22-15)11-3-2-4-12(17)8-11/h2-4,8-10,13,18H,5-7H2,1H3,(H,19,21). The zero-order valence-corrected chi connectivity index (χ0v) is 13.1. The van der Waals surface area contributed by atoms with Gasteiger partial charge in [0.2, 0.25) is 5.76 Å². The van der Waals surface area contributed by atoms with Crippen LogP contribution in [0.4, 0.5) is 0 Å². The van der Waals surface area contributed by atoms with Gasteiger partial charge in [-0.25, -0.2) is 0 Å². The molecule has 2 N–H and O–H groups in total. The number of benzene rings is 1. The SMILES string of the molecule is CC1CC(NC(=O)c2cc(-c3cccc(Cl)c3)no2)CCN1. The molecule has 6 heteroatoms. The number of aromatic nitrogens is 1. The van der Waals surface area contributed by atoms with Crippen molar-refractivity contribution in [2.24, 2.45) is 0 Å². The van der Waals surface area contributed by atoms with Gasteiger partial charge >= 0.3 is 0 Å². The number of rotatable bonds is 3. The lowest BCUT2D eigenvalue weighted by molar-refractivity contribution is 0.0888. The van der Waals surface area contributed by atoms with Crippen LogP contribution >= 0.6 is 11.6 Å².